The predicted octanol–water partition coefficient (Wildman–Crippen LogP) is 3.14. The Labute approximate surface area is 70.2 Å². The molecule has 1 heteroatoms. The van der Waals surface area contributed by atoms with E-state index >= 15 is 0 Å². The summed E-state index contributed by atoms with van der Waals surface area (Å²) in [6.45, 7) is 4.22. The van der Waals surface area contributed by atoms with Gasteiger partial charge in [0, 0.05) is 12.8 Å². The van der Waals surface area contributed by atoms with Gasteiger partial charge >= 0.3 is 0 Å². The Morgan fingerprint density at radius 2 is 2.00 bits per heavy atom. The molecule has 0 aliphatic heterocycles. The molecule has 0 aliphatic rings. The molecule has 0 atom stereocenters. The second-order valence-corrected chi connectivity index (χ2v) is 2.90. The van der Waals surface area contributed by atoms with Gasteiger partial charge in [0.25, 0.3) is 0 Å². The van der Waals surface area contributed by atoms with Crippen molar-refractivity contribution in [3.8, 4) is 0 Å². The minimum atomic E-state index is 0.403. The molecule has 0 aromatic heterocycles. The lowest BCUT2D eigenvalue weighted by atomic mass is 10.1. The maximum absolute atomic E-state index is 11.0. The molecule has 1 radical (unpaired) electrons. The fourth-order valence-electron chi connectivity index (χ4n) is 0.980. The van der Waals surface area contributed by atoms with E-state index in [0.717, 1.165) is 19.3 Å². The van der Waals surface area contributed by atoms with Crippen molar-refractivity contribution < 1.29 is 4.79 Å². The number of hydrogen-bond acceptors (Lipinski definition) is 1. The lowest BCUT2D eigenvalue weighted by Gasteiger charge is -1.97. The van der Waals surface area contributed by atoms with Crippen LogP contribution >= 0.6 is 0 Å². The van der Waals surface area contributed by atoms with Crippen molar-refractivity contribution in [2.45, 2.75) is 52.4 Å². The van der Waals surface area contributed by atoms with E-state index in [0.29, 0.717) is 12.2 Å². The highest BCUT2D eigenvalue weighted by Crippen LogP contribution is 2.03. The first-order valence-corrected chi connectivity index (χ1v) is 4.64. The zero-order chi connectivity index (χ0) is 8.53. The molecule has 1 nitrogen and oxygen atoms in total. The molecule has 0 fully saturated rings. The summed E-state index contributed by atoms with van der Waals surface area (Å²) in [5.74, 6) is 0.403. The number of rotatable bonds is 7. The van der Waals surface area contributed by atoms with Crippen LogP contribution in [0.15, 0.2) is 0 Å². The molecule has 0 saturated carbocycles. The largest absolute Gasteiger partial charge is 0.300 e. The summed E-state index contributed by atoms with van der Waals surface area (Å²) in [7, 11) is 0. The van der Waals surface area contributed by atoms with Crippen LogP contribution in [0.2, 0.25) is 0 Å². The number of carbonyl (C=O) groups excluding carboxylic acids is 1. The zero-order valence-electron chi connectivity index (χ0n) is 7.73. The second-order valence-electron chi connectivity index (χ2n) is 2.90. The molecule has 0 amide bonds. The lowest BCUT2D eigenvalue weighted by molar-refractivity contribution is -0.118. The summed E-state index contributed by atoms with van der Waals surface area (Å²) in [5.41, 5.74) is 0. The lowest BCUT2D eigenvalue weighted by Crippen LogP contribution is -1.97. The van der Waals surface area contributed by atoms with Gasteiger partial charge in [0.2, 0.25) is 0 Å². The van der Waals surface area contributed by atoms with Gasteiger partial charge < -0.3 is 0 Å². The summed E-state index contributed by atoms with van der Waals surface area (Å²) in [6.07, 6.45) is 7.99. The molecule has 0 aliphatic carbocycles. The van der Waals surface area contributed by atoms with Gasteiger partial charge in [0.15, 0.2) is 0 Å². The minimum Gasteiger partial charge on any atom is -0.300 e. The molecule has 0 spiro atoms. The fourth-order valence-corrected chi connectivity index (χ4v) is 0.980. The van der Waals surface area contributed by atoms with Crippen molar-refractivity contribution in [2.75, 3.05) is 0 Å². The van der Waals surface area contributed by atoms with Crippen molar-refractivity contribution in [3.05, 3.63) is 6.42 Å². The average Bonchev–Trinajstić information content (AvgIpc) is 2.01. The average molecular weight is 155 g/mol. The van der Waals surface area contributed by atoms with Crippen LogP contribution in [-0.4, -0.2) is 5.78 Å². The summed E-state index contributed by atoms with van der Waals surface area (Å²) in [6, 6.07) is 0. The summed E-state index contributed by atoms with van der Waals surface area (Å²) >= 11 is 0. The topological polar surface area (TPSA) is 17.1 Å². The van der Waals surface area contributed by atoms with Crippen LogP contribution in [0.4, 0.5) is 0 Å². The van der Waals surface area contributed by atoms with Crippen LogP contribution < -0.4 is 0 Å². The van der Waals surface area contributed by atoms with Crippen LogP contribution in [-0.2, 0) is 4.79 Å². The fraction of sp³-hybridized carbons (Fsp3) is 0.800. The molecule has 11 heavy (non-hydrogen) atoms. The first-order valence-electron chi connectivity index (χ1n) is 4.64. The molecule has 0 bridgehead atoms. The standard InChI is InChI=1S/C10H19O/c1-3-5-7-9-10(11)8-6-4-2/h6H,3-5,7-9H2,1-2H3. The molecule has 0 rings (SSSR count). The molecular formula is C10H19O. The van der Waals surface area contributed by atoms with Gasteiger partial charge in [-0.1, -0.05) is 33.1 Å². The Morgan fingerprint density at radius 1 is 1.27 bits per heavy atom. The Morgan fingerprint density at radius 3 is 2.55 bits per heavy atom. The first-order chi connectivity index (χ1) is 5.31. The SMILES string of the molecule is CC[CH]CC(=O)CCCCC. The monoisotopic (exact) mass is 155 g/mol. The van der Waals surface area contributed by atoms with Crippen molar-refractivity contribution in [3.63, 3.8) is 0 Å². The van der Waals surface area contributed by atoms with Crippen LogP contribution in [0.5, 0.6) is 0 Å². The molecule has 0 heterocycles. The number of Topliss-reactive ketones (excluding diaryl/α,β-unsaturated/α-hetero) is 1. The van der Waals surface area contributed by atoms with Crippen LogP contribution in [0, 0.1) is 6.42 Å². The van der Waals surface area contributed by atoms with Gasteiger partial charge in [0.05, 0.1) is 0 Å². The first kappa shape index (κ1) is 10.7. The van der Waals surface area contributed by atoms with Gasteiger partial charge in [-0.25, -0.2) is 0 Å². The highest BCUT2D eigenvalue weighted by atomic mass is 16.1. The van der Waals surface area contributed by atoms with Crippen molar-refractivity contribution in [1.82, 2.24) is 0 Å². The third-order valence-electron chi connectivity index (χ3n) is 1.72. The third-order valence-corrected chi connectivity index (χ3v) is 1.72. The van der Waals surface area contributed by atoms with Crippen LogP contribution in [0.3, 0.4) is 0 Å². The van der Waals surface area contributed by atoms with E-state index in [-0.39, 0.29) is 0 Å². The van der Waals surface area contributed by atoms with E-state index in [1.165, 1.54) is 12.8 Å². The number of carbonyl (C=O) groups is 1. The van der Waals surface area contributed by atoms with Gasteiger partial charge in [-0.05, 0) is 12.8 Å². The summed E-state index contributed by atoms with van der Waals surface area (Å²) in [4.78, 5) is 11.0. The molecular weight excluding hydrogens is 136 g/mol. The highest BCUT2D eigenvalue weighted by molar-refractivity contribution is 5.79. The van der Waals surface area contributed by atoms with E-state index in [2.05, 4.69) is 13.8 Å². The summed E-state index contributed by atoms with van der Waals surface area (Å²) < 4.78 is 0. The Bertz CT molecular complexity index is 97.0. The molecule has 0 saturated heterocycles. The highest BCUT2D eigenvalue weighted by Gasteiger charge is 1.99. The molecule has 65 valence electrons. The van der Waals surface area contributed by atoms with Gasteiger partial charge in [0.1, 0.15) is 5.78 Å². The Kier molecular flexibility index (Phi) is 7.54. The second kappa shape index (κ2) is 7.77. The predicted molar refractivity (Wildman–Crippen MR) is 48.4 cm³/mol. The van der Waals surface area contributed by atoms with Crippen LogP contribution in [0.1, 0.15) is 52.4 Å². The normalized spacial score (nSPS) is 10.0. The van der Waals surface area contributed by atoms with E-state index in [1.807, 2.05) is 6.42 Å². The Balaban J connectivity index is 3.09. The minimum absolute atomic E-state index is 0.403. The van der Waals surface area contributed by atoms with Crippen molar-refractivity contribution >= 4 is 5.78 Å². The van der Waals surface area contributed by atoms with Gasteiger partial charge in [-0.3, -0.25) is 4.79 Å². The molecule has 0 unspecified atom stereocenters. The van der Waals surface area contributed by atoms with Gasteiger partial charge in [-0.15, -0.1) is 0 Å². The quantitative estimate of drug-likeness (QED) is 0.516. The molecule has 0 aromatic carbocycles. The number of ketones is 1. The van der Waals surface area contributed by atoms with E-state index in [1.54, 1.807) is 0 Å². The number of unbranched alkanes of at least 4 members (excludes halogenated alkanes) is 3. The smallest absolute Gasteiger partial charge is 0.133 e. The Hall–Kier alpha value is -0.330. The van der Waals surface area contributed by atoms with E-state index in [4.69, 9.17) is 0 Å². The third kappa shape index (κ3) is 7.57. The van der Waals surface area contributed by atoms with E-state index < -0.39 is 0 Å². The van der Waals surface area contributed by atoms with Crippen LogP contribution in [0.25, 0.3) is 0 Å². The van der Waals surface area contributed by atoms with Crippen molar-refractivity contribution in [2.24, 2.45) is 0 Å². The number of hydrogen-bond donors (Lipinski definition) is 0. The molecule has 0 N–H and O–H groups in total. The summed E-state index contributed by atoms with van der Waals surface area (Å²) in [5, 5.41) is 0. The maximum atomic E-state index is 11.0. The molecule has 0 aromatic rings. The maximum Gasteiger partial charge on any atom is 0.133 e. The zero-order valence-corrected chi connectivity index (χ0v) is 7.73. The van der Waals surface area contributed by atoms with Gasteiger partial charge in [-0.2, -0.15) is 0 Å². The van der Waals surface area contributed by atoms with E-state index in [9.17, 15) is 4.79 Å². The van der Waals surface area contributed by atoms with Crippen molar-refractivity contribution in [1.29, 1.82) is 0 Å².